The number of aliphatic hydroxyl groups excluding tert-OH is 1. The van der Waals surface area contributed by atoms with E-state index >= 15 is 0 Å². The number of morpholine rings is 1. The second kappa shape index (κ2) is 11.1. The lowest BCUT2D eigenvalue weighted by Crippen LogP contribution is -2.39. The number of Topliss-reactive ketones (excluding diaryl/α,β-unsaturated/α-hetero) is 1. The Morgan fingerprint density at radius 1 is 1.06 bits per heavy atom. The molecule has 1 amide bonds. The van der Waals surface area contributed by atoms with Crippen molar-refractivity contribution in [1.82, 2.24) is 9.80 Å². The Morgan fingerprint density at radius 3 is 2.43 bits per heavy atom. The molecule has 0 aromatic heterocycles. The maximum atomic E-state index is 13.2. The lowest BCUT2D eigenvalue weighted by molar-refractivity contribution is -0.140. The van der Waals surface area contributed by atoms with Gasteiger partial charge in [0.1, 0.15) is 17.3 Å². The van der Waals surface area contributed by atoms with E-state index in [4.69, 9.17) is 25.8 Å². The van der Waals surface area contributed by atoms with E-state index in [9.17, 15) is 14.7 Å². The van der Waals surface area contributed by atoms with E-state index in [-0.39, 0.29) is 11.3 Å². The lowest BCUT2D eigenvalue weighted by atomic mass is 9.94. The quantitative estimate of drug-likeness (QED) is 0.337. The van der Waals surface area contributed by atoms with Crippen molar-refractivity contribution in [3.63, 3.8) is 0 Å². The topological polar surface area (TPSA) is 88.5 Å². The zero-order valence-electron chi connectivity index (χ0n) is 19.8. The minimum atomic E-state index is -0.809. The lowest BCUT2D eigenvalue weighted by Gasteiger charge is -2.29. The molecule has 0 radical (unpaired) electrons. The van der Waals surface area contributed by atoms with Crippen molar-refractivity contribution >= 4 is 29.1 Å². The predicted molar refractivity (Wildman–Crippen MR) is 132 cm³/mol. The molecule has 8 nitrogen and oxygen atoms in total. The van der Waals surface area contributed by atoms with Gasteiger partial charge in [0.25, 0.3) is 11.7 Å². The van der Waals surface area contributed by atoms with Crippen LogP contribution in [0.2, 0.25) is 5.02 Å². The number of benzene rings is 2. The molecule has 2 aromatic rings. The summed E-state index contributed by atoms with van der Waals surface area (Å²) in [6, 6.07) is 10.9. The van der Waals surface area contributed by atoms with Crippen molar-refractivity contribution in [2.45, 2.75) is 12.5 Å². The monoisotopic (exact) mass is 500 g/mol. The molecule has 2 fully saturated rings. The van der Waals surface area contributed by atoms with E-state index in [0.29, 0.717) is 53.8 Å². The fraction of sp³-hybridized carbons (Fsp3) is 0.385. The first kappa shape index (κ1) is 25.0. The molecular weight excluding hydrogens is 472 g/mol. The number of carbonyl (C=O) groups excluding carboxylic acids is 2. The van der Waals surface area contributed by atoms with Gasteiger partial charge >= 0.3 is 0 Å². The molecule has 1 atom stereocenters. The van der Waals surface area contributed by atoms with E-state index in [2.05, 4.69) is 4.90 Å². The molecule has 186 valence electrons. The van der Waals surface area contributed by atoms with Crippen LogP contribution in [-0.4, -0.2) is 80.2 Å². The summed E-state index contributed by atoms with van der Waals surface area (Å²) in [7, 11) is 3.06. The summed E-state index contributed by atoms with van der Waals surface area (Å²) in [5.74, 6) is -0.598. The van der Waals surface area contributed by atoms with Crippen LogP contribution in [0.25, 0.3) is 5.76 Å². The summed E-state index contributed by atoms with van der Waals surface area (Å²) in [4.78, 5) is 30.2. The highest BCUT2D eigenvalue weighted by Crippen LogP contribution is 2.43. The van der Waals surface area contributed by atoms with E-state index in [1.807, 2.05) is 0 Å². The Kier molecular flexibility index (Phi) is 7.95. The van der Waals surface area contributed by atoms with E-state index in [1.54, 1.807) is 49.6 Å². The first-order chi connectivity index (χ1) is 16.9. The van der Waals surface area contributed by atoms with Gasteiger partial charge in [-0.1, -0.05) is 11.6 Å². The zero-order chi connectivity index (χ0) is 24.9. The van der Waals surface area contributed by atoms with Crippen LogP contribution < -0.4 is 9.47 Å². The minimum Gasteiger partial charge on any atom is -0.507 e. The highest BCUT2D eigenvalue weighted by molar-refractivity contribution is 6.46. The van der Waals surface area contributed by atoms with Crippen LogP contribution in [0.4, 0.5) is 0 Å². The highest BCUT2D eigenvalue weighted by atomic mass is 35.5. The molecule has 2 saturated heterocycles. The average Bonchev–Trinajstić information content (AvgIpc) is 3.13. The SMILES string of the molecule is COc1ccc([C@H]2/C(=C(\O)c3ccc(Cl)cc3)C(=O)C(=O)N2CCCN2CCOCC2)c(OC)c1. The Labute approximate surface area is 209 Å². The molecule has 2 aromatic carbocycles. The molecule has 9 heteroatoms. The molecular formula is C26H29ClN2O6. The highest BCUT2D eigenvalue weighted by Gasteiger charge is 2.46. The Bertz CT molecular complexity index is 1110. The van der Waals surface area contributed by atoms with E-state index in [0.717, 1.165) is 19.6 Å². The molecule has 0 saturated carbocycles. The van der Waals surface area contributed by atoms with Gasteiger partial charge in [0.05, 0.1) is 39.0 Å². The third-order valence-electron chi connectivity index (χ3n) is 6.37. The fourth-order valence-electron chi connectivity index (χ4n) is 4.53. The van der Waals surface area contributed by atoms with Gasteiger partial charge in [-0.25, -0.2) is 0 Å². The van der Waals surface area contributed by atoms with Crippen LogP contribution in [0.1, 0.15) is 23.6 Å². The van der Waals surface area contributed by atoms with E-state index < -0.39 is 17.7 Å². The molecule has 0 aliphatic carbocycles. The van der Waals surface area contributed by atoms with Crippen LogP contribution in [-0.2, 0) is 14.3 Å². The number of hydrogen-bond acceptors (Lipinski definition) is 7. The molecule has 0 bridgehead atoms. The summed E-state index contributed by atoms with van der Waals surface area (Å²) in [5.41, 5.74) is 1.01. The maximum absolute atomic E-state index is 13.2. The van der Waals surface area contributed by atoms with Gasteiger partial charge in [-0.3, -0.25) is 14.5 Å². The Morgan fingerprint density at radius 2 is 1.77 bits per heavy atom. The van der Waals surface area contributed by atoms with Crippen LogP contribution >= 0.6 is 11.6 Å². The first-order valence-corrected chi connectivity index (χ1v) is 11.9. The Balaban J connectivity index is 1.73. The van der Waals surface area contributed by atoms with Gasteiger partial charge in [0.2, 0.25) is 0 Å². The molecule has 2 aliphatic rings. The van der Waals surface area contributed by atoms with Crippen LogP contribution in [0.3, 0.4) is 0 Å². The van der Waals surface area contributed by atoms with Gasteiger partial charge in [0.15, 0.2) is 0 Å². The van der Waals surface area contributed by atoms with Crippen molar-refractivity contribution in [1.29, 1.82) is 0 Å². The van der Waals surface area contributed by atoms with Crippen LogP contribution in [0, 0.1) is 0 Å². The van der Waals surface area contributed by atoms with Gasteiger partial charge in [-0.2, -0.15) is 0 Å². The number of ether oxygens (including phenoxy) is 3. The van der Waals surface area contributed by atoms with Crippen molar-refractivity contribution in [3.05, 3.63) is 64.2 Å². The van der Waals surface area contributed by atoms with Gasteiger partial charge in [0, 0.05) is 48.4 Å². The predicted octanol–water partition coefficient (Wildman–Crippen LogP) is 3.50. The smallest absolute Gasteiger partial charge is 0.295 e. The average molecular weight is 501 g/mol. The summed E-state index contributed by atoms with van der Waals surface area (Å²) in [6.45, 7) is 4.18. The van der Waals surface area contributed by atoms with E-state index in [1.165, 1.54) is 12.0 Å². The molecule has 35 heavy (non-hydrogen) atoms. The van der Waals surface area contributed by atoms with Crippen LogP contribution in [0.5, 0.6) is 11.5 Å². The van der Waals surface area contributed by atoms with Crippen molar-refractivity contribution in [2.24, 2.45) is 0 Å². The summed E-state index contributed by atoms with van der Waals surface area (Å²) in [6.07, 6.45) is 0.670. The number of halogens is 1. The van der Waals surface area contributed by atoms with Gasteiger partial charge in [-0.05, 0) is 42.8 Å². The van der Waals surface area contributed by atoms with Gasteiger partial charge in [-0.15, -0.1) is 0 Å². The third kappa shape index (κ3) is 5.29. The third-order valence-corrected chi connectivity index (χ3v) is 6.62. The second-order valence-electron chi connectivity index (χ2n) is 8.41. The van der Waals surface area contributed by atoms with Crippen LogP contribution in [0.15, 0.2) is 48.0 Å². The second-order valence-corrected chi connectivity index (χ2v) is 8.85. The zero-order valence-corrected chi connectivity index (χ0v) is 20.6. The largest absolute Gasteiger partial charge is 0.507 e. The summed E-state index contributed by atoms with van der Waals surface area (Å²) in [5, 5.41) is 11.7. The maximum Gasteiger partial charge on any atom is 0.295 e. The van der Waals surface area contributed by atoms with Gasteiger partial charge < -0.3 is 24.2 Å². The standard InChI is InChI=1S/C26H29ClN2O6/c1-33-19-8-9-20(21(16-19)34-2)23-22(24(30)17-4-6-18(27)7-5-17)25(31)26(32)29(23)11-3-10-28-12-14-35-15-13-28/h4-9,16,23,30H,3,10-15H2,1-2H3/b24-22+/t23-/m0/s1. The molecule has 0 spiro atoms. The normalized spacial score (nSPS) is 20.3. The number of carbonyl (C=O) groups is 2. The molecule has 2 aliphatic heterocycles. The summed E-state index contributed by atoms with van der Waals surface area (Å²) < 4.78 is 16.3. The van der Waals surface area contributed by atoms with Crippen molar-refractivity contribution < 1.29 is 28.9 Å². The molecule has 1 N–H and O–H groups in total. The minimum absolute atomic E-state index is 0.0205. The molecule has 2 heterocycles. The Hall–Kier alpha value is -3.07. The number of hydrogen-bond donors (Lipinski definition) is 1. The molecule has 0 unspecified atom stereocenters. The van der Waals surface area contributed by atoms with Crippen molar-refractivity contribution in [2.75, 3.05) is 53.6 Å². The number of rotatable bonds is 8. The number of ketones is 1. The number of likely N-dealkylation sites (tertiary alicyclic amines) is 1. The number of methoxy groups -OCH3 is 2. The number of aliphatic hydroxyl groups is 1. The fourth-order valence-corrected chi connectivity index (χ4v) is 4.66. The number of amides is 1. The van der Waals surface area contributed by atoms with Crippen molar-refractivity contribution in [3.8, 4) is 11.5 Å². The summed E-state index contributed by atoms with van der Waals surface area (Å²) >= 11 is 6.00. The number of nitrogens with zero attached hydrogens (tertiary/aromatic N) is 2. The first-order valence-electron chi connectivity index (χ1n) is 11.5. The molecule has 4 rings (SSSR count).